The van der Waals surface area contributed by atoms with Crippen molar-refractivity contribution in [1.29, 1.82) is 0 Å². The predicted molar refractivity (Wildman–Crippen MR) is 57.1 cm³/mol. The lowest BCUT2D eigenvalue weighted by molar-refractivity contribution is 0.387. The lowest BCUT2D eigenvalue weighted by Gasteiger charge is -2.22. The third-order valence-electron chi connectivity index (χ3n) is 2.96. The first kappa shape index (κ1) is 12.0. The van der Waals surface area contributed by atoms with Crippen LogP contribution in [-0.4, -0.2) is 0 Å². The maximum absolute atomic E-state index is 2.49. The first-order chi connectivity index (χ1) is 5.52. The van der Waals surface area contributed by atoms with Crippen LogP contribution in [-0.2, 0) is 0 Å². The highest BCUT2D eigenvalue weighted by molar-refractivity contribution is 4.83. The van der Waals surface area contributed by atoms with E-state index >= 15 is 0 Å². The van der Waals surface area contributed by atoms with Crippen molar-refractivity contribution in [2.75, 3.05) is 0 Å². The number of hydrogen-bond acceptors (Lipinski definition) is 0. The van der Waals surface area contributed by atoms with Crippen LogP contribution in [0.3, 0.4) is 0 Å². The molecule has 0 saturated heterocycles. The molecule has 0 aromatic rings. The molecule has 1 atom stereocenters. The molecule has 0 aliphatic carbocycles. The summed E-state index contributed by atoms with van der Waals surface area (Å²) in [6, 6.07) is 0. The fourth-order valence-electron chi connectivity index (χ4n) is 1.11. The summed E-state index contributed by atoms with van der Waals surface area (Å²) in [6.45, 7) is 11.5. The molecule has 0 fully saturated rings. The van der Waals surface area contributed by atoms with E-state index in [0.29, 0.717) is 5.41 Å². The van der Waals surface area contributed by atoms with Gasteiger partial charge in [-0.05, 0) is 24.2 Å². The molecule has 73 valence electrons. The zero-order valence-electron chi connectivity index (χ0n) is 9.48. The molecule has 0 N–H and O–H groups in total. The van der Waals surface area contributed by atoms with Crippen molar-refractivity contribution in [3.05, 3.63) is 6.42 Å². The van der Waals surface area contributed by atoms with Gasteiger partial charge >= 0.3 is 0 Å². The topological polar surface area (TPSA) is 0 Å². The van der Waals surface area contributed by atoms with Crippen molar-refractivity contribution in [2.24, 2.45) is 11.3 Å². The predicted octanol–water partition coefficient (Wildman–Crippen LogP) is 4.45. The Morgan fingerprint density at radius 2 is 1.83 bits per heavy atom. The molecule has 0 nitrogen and oxygen atoms in total. The quantitative estimate of drug-likeness (QED) is 0.551. The van der Waals surface area contributed by atoms with Crippen LogP contribution < -0.4 is 0 Å². The van der Waals surface area contributed by atoms with Gasteiger partial charge in [0.15, 0.2) is 0 Å². The zero-order chi connectivity index (χ0) is 9.61. The molecule has 0 aliphatic heterocycles. The third kappa shape index (κ3) is 5.62. The van der Waals surface area contributed by atoms with Crippen LogP contribution >= 0.6 is 0 Å². The SMILES string of the molecule is CCC(C)CC[CH]C(C)(C)CC. The summed E-state index contributed by atoms with van der Waals surface area (Å²) in [5.74, 6) is 0.897. The van der Waals surface area contributed by atoms with Gasteiger partial charge in [0.1, 0.15) is 0 Å². The van der Waals surface area contributed by atoms with E-state index in [0.717, 1.165) is 5.92 Å². The first-order valence-electron chi connectivity index (χ1n) is 5.36. The van der Waals surface area contributed by atoms with Crippen LogP contribution in [0.2, 0.25) is 0 Å². The van der Waals surface area contributed by atoms with E-state index in [4.69, 9.17) is 0 Å². The smallest absolute Gasteiger partial charge is 0.0326 e. The highest BCUT2D eigenvalue weighted by atomic mass is 14.2. The van der Waals surface area contributed by atoms with E-state index < -0.39 is 0 Å². The Balaban J connectivity index is 3.42. The molecule has 0 spiro atoms. The highest BCUT2D eigenvalue weighted by Gasteiger charge is 2.14. The lowest BCUT2D eigenvalue weighted by atomic mass is 9.83. The van der Waals surface area contributed by atoms with E-state index in [-0.39, 0.29) is 0 Å². The van der Waals surface area contributed by atoms with Crippen molar-refractivity contribution in [3.63, 3.8) is 0 Å². The summed E-state index contributed by atoms with van der Waals surface area (Å²) in [6.07, 6.45) is 7.71. The molecule has 1 unspecified atom stereocenters. The Labute approximate surface area is 78.8 Å². The Hall–Kier alpha value is 0. The number of hydrogen-bond donors (Lipinski definition) is 0. The molecule has 0 heteroatoms. The molecule has 12 heavy (non-hydrogen) atoms. The largest absolute Gasteiger partial charge is 0.0651 e. The average molecular weight is 169 g/mol. The summed E-state index contributed by atoms with van der Waals surface area (Å²) in [5, 5.41) is 0. The summed E-state index contributed by atoms with van der Waals surface area (Å²) in [7, 11) is 0. The maximum Gasteiger partial charge on any atom is -0.0326 e. The normalized spacial score (nSPS) is 14.8. The van der Waals surface area contributed by atoms with Gasteiger partial charge in [0.25, 0.3) is 0 Å². The van der Waals surface area contributed by atoms with Crippen molar-refractivity contribution in [3.8, 4) is 0 Å². The minimum atomic E-state index is 0.452. The molecule has 0 amide bonds. The summed E-state index contributed by atoms with van der Waals surface area (Å²) < 4.78 is 0. The second-order valence-electron chi connectivity index (χ2n) is 4.64. The second-order valence-corrected chi connectivity index (χ2v) is 4.64. The van der Waals surface area contributed by atoms with Crippen LogP contribution in [0.25, 0.3) is 0 Å². The lowest BCUT2D eigenvalue weighted by Crippen LogP contribution is -2.10. The molecule has 0 aromatic carbocycles. The van der Waals surface area contributed by atoms with Gasteiger partial charge in [-0.25, -0.2) is 0 Å². The van der Waals surface area contributed by atoms with Crippen LogP contribution in [0.5, 0.6) is 0 Å². The zero-order valence-corrected chi connectivity index (χ0v) is 9.48. The molecule has 0 heterocycles. The van der Waals surface area contributed by atoms with Gasteiger partial charge in [-0.2, -0.15) is 0 Å². The van der Waals surface area contributed by atoms with Crippen molar-refractivity contribution in [1.82, 2.24) is 0 Å². The fourth-order valence-corrected chi connectivity index (χ4v) is 1.11. The van der Waals surface area contributed by atoms with Gasteiger partial charge in [0, 0.05) is 0 Å². The van der Waals surface area contributed by atoms with E-state index in [9.17, 15) is 0 Å². The Bertz CT molecular complexity index is 103. The second kappa shape index (κ2) is 5.61. The van der Waals surface area contributed by atoms with Crippen LogP contribution in [0, 0.1) is 17.8 Å². The maximum atomic E-state index is 2.49. The Kier molecular flexibility index (Phi) is 5.61. The van der Waals surface area contributed by atoms with Crippen molar-refractivity contribution in [2.45, 2.75) is 60.3 Å². The van der Waals surface area contributed by atoms with Gasteiger partial charge in [-0.3, -0.25) is 0 Å². The van der Waals surface area contributed by atoms with Crippen LogP contribution in [0.4, 0.5) is 0 Å². The highest BCUT2D eigenvalue weighted by Crippen LogP contribution is 2.26. The van der Waals surface area contributed by atoms with Crippen molar-refractivity contribution < 1.29 is 0 Å². The molecule has 0 rings (SSSR count). The van der Waals surface area contributed by atoms with E-state index in [1.54, 1.807) is 0 Å². The average Bonchev–Trinajstić information content (AvgIpc) is 2.04. The van der Waals surface area contributed by atoms with Gasteiger partial charge < -0.3 is 0 Å². The molecule has 0 bridgehead atoms. The van der Waals surface area contributed by atoms with Gasteiger partial charge in [-0.15, -0.1) is 0 Å². The van der Waals surface area contributed by atoms with Gasteiger partial charge in [0.05, 0.1) is 0 Å². The molecular formula is C12H25. The summed E-state index contributed by atoms with van der Waals surface area (Å²) in [4.78, 5) is 0. The van der Waals surface area contributed by atoms with Gasteiger partial charge in [0.2, 0.25) is 0 Å². The molecule has 0 aromatic heterocycles. The van der Waals surface area contributed by atoms with Crippen LogP contribution in [0.1, 0.15) is 60.3 Å². The third-order valence-corrected chi connectivity index (χ3v) is 2.96. The monoisotopic (exact) mass is 169 g/mol. The Morgan fingerprint density at radius 3 is 2.25 bits per heavy atom. The molecule has 0 saturated carbocycles. The minimum absolute atomic E-state index is 0.452. The summed E-state index contributed by atoms with van der Waals surface area (Å²) in [5.41, 5.74) is 0.452. The van der Waals surface area contributed by atoms with Gasteiger partial charge in [-0.1, -0.05) is 53.9 Å². The Morgan fingerprint density at radius 1 is 1.25 bits per heavy atom. The van der Waals surface area contributed by atoms with E-state index in [1.165, 1.54) is 25.7 Å². The van der Waals surface area contributed by atoms with E-state index in [2.05, 4.69) is 41.0 Å². The summed E-state index contributed by atoms with van der Waals surface area (Å²) >= 11 is 0. The number of rotatable bonds is 6. The minimum Gasteiger partial charge on any atom is -0.0651 e. The molecular weight excluding hydrogens is 144 g/mol. The standard InChI is InChI=1S/C12H25/c1-6-11(3)9-8-10-12(4,5)7-2/h10-11H,6-9H2,1-5H3. The van der Waals surface area contributed by atoms with E-state index in [1.807, 2.05) is 0 Å². The molecule has 0 aliphatic rings. The first-order valence-corrected chi connectivity index (χ1v) is 5.36. The fraction of sp³-hybridized carbons (Fsp3) is 0.917. The van der Waals surface area contributed by atoms with Crippen LogP contribution in [0.15, 0.2) is 0 Å². The molecule has 1 radical (unpaired) electrons. The van der Waals surface area contributed by atoms with Crippen molar-refractivity contribution >= 4 is 0 Å².